The molecule has 1 aromatic carbocycles. The number of nitrogen functional groups attached to an aromatic ring is 1. The van der Waals surface area contributed by atoms with Gasteiger partial charge in [0.15, 0.2) is 0 Å². The minimum Gasteiger partial charge on any atom is -0.494 e. The molecule has 1 saturated heterocycles. The van der Waals surface area contributed by atoms with Gasteiger partial charge in [-0.15, -0.1) is 0 Å². The summed E-state index contributed by atoms with van der Waals surface area (Å²) in [6, 6.07) is 5.63. The maximum absolute atomic E-state index is 12.2. The van der Waals surface area contributed by atoms with E-state index in [0.717, 1.165) is 30.7 Å². The van der Waals surface area contributed by atoms with Crippen molar-refractivity contribution in [2.75, 3.05) is 18.9 Å². The van der Waals surface area contributed by atoms with Gasteiger partial charge in [-0.2, -0.15) is 0 Å². The summed E-state index contributed by atoms with van der Waals surface area (Å²) in [6.07, 6.45) is 2.70. The lowest BCUT2D eigenvalue weighted by atomic mass is 10.0. The molecule has 110 valence electrons. The van der Waals surface area contributed by atoms with Gasteiger partial charge in [-0.25, -0.2) is 0 Å². The fourth-order valence-electron chi connectivity index (χ4n) is 2.57. The van der Waals surface area contributed by atoms with Gasteiger partial charge in [0.1, 0.15) is 5.75 Å². The van der Waals surface area contributed by atoms with Gasteiger partial charge < -0.3 is 15.4 Å². The maximum Gasteiger partial charge on any atom is 0.222 e. The van der Waals surface area contributed by atoms with Crippen molar-refractivity contribution in [2.24, 2.45) is 5.92 Å². The minimum atomic E-state index is 0.235. The predicted octanol–water partition coefficient (Wildman–Crippen LogP) is 2.82. The van der Waals surface area contributed by atoms with Crippen LogP contribution >= 0.6 is 0 Å². The third-order valence-corrected chi connectivity index (χ3v) is 3.84. The van der Waals surface area contributed by atoms with Crippen LogP contribution in [0.3, 0.4) is 0 Å². The lowest BCUT2D eigenvalue weighted by molar-refractivity contribution is -0.131. The van der Waals surface area contributed by atoms with E-state index in [1.54, 1.807) is 0 Å². The molecule has 4 nitrogen and oxygen atoms in total. The van der Waals surface area contributed by atoms with Crippen molar-refractivity contribution in [3.05, 3.63) is 23.8 Å². The second-order valence-electron chi connectivity index (χ2n) is 5.55. The summed E-state index contributed by atoms with van der Waals surface area (Å²) in [5.41, 5.74) is 7.56. The predicted molar refractivity (Wildman–Crippen MR) is 80.5 cm³/mol. The van der Waals surface area contributed by atoms with Gasteiger partial charge in [-0.1, -0.05) is 6.92 Å². The zero-order valence-corrected chi connectivity index (χ0v) is 12.4. The van der Waals surface area contributed by atoms with Crippen LogP contribution in [0.15, 0.2) is 18.2 Å². The van der Waals surface area contributed by atoms with E-state index in [1.165, 1.54) is 0 Å². The summed E-state index contributed by atoms with van der Waals surface area (Å²) in [5.74, 6) is 1.68. The summed E-state index contributed by atoms with van der Waals surface area (Å²) in [4.78, 5) is 14.1. The Labute approximate surface area is 120 Å². The van der Waals surface area contributed by atoms with Crippen LogP contribution < -0.4 is 10.5 Å². The lowest BCUT2D eigenvalue weighted by Crippen LogP contribution is -2.30. The van der Waals surface area contributed by atoms with E-state index in [9.17, 15) is 4.79 Å². The molecule has 0 aromatic heterocycles. The quantitative estimate of drug-likeness (QED) is 0.860. The molecule has 1 heterocycles. The van der Waals surface area contributed by atoms with Crippen LogP contribution in [0.4, 0.5) is 5.69 Å². The molecule has 0 bridgehead atoms. The molecule has 0 radical (unpaired) electrons. The number of amides is 1. The Kier molecular flexibility index (Phi) is 4.88. The van der Waals surface area contributed by atoms with Gasteiger partial charge in [-0.3, -0.25) is 4.79 Å². The average molecular weight is 276 g/mol. The van der Waals surface area contributed by atoms with E-state index in [0.29, 0.717) is 31.2 Å². The molecule has 1 fully saturated rings. The molecule has 0 saturated carbocycles. The number of anilines is 1. The molecule has 1 aromatic rings. The summed E-state index contributed by atoms with van der Waals surface area (Å²) < 4.78 is 5.63. The highest BCUT2D eigenvalue weighted by Crippen LogP contribution is 2.25. The number of nitrogens with two attached hydrogens (primary N) is 1. The van der Waals surface area contributed by atoms with Crippen molar-refractivity contribution in [3.63, 3.8) is 0 Å². The fraction of sp³-hybridized carbons (Fsp3) is 0.562. The molecule has 1 unspecified atom stereocenters. The monoisotopic (exact) mass is 276 g/mol. The summed E-state index contributed by atoms with van der Waals surface area (Å²) >= 11 is 0. The molecule has 2 N–H and O–H groups in total. The molecular weight excluding hydrogens is 252 g/mol. The van der Waals surface area contributed by atoms with Gasteiger partial charge in [0.2, 0.25) is 5.91 Å². The molecule has 1 aliphatic heterocycles. The number of carbonyl (C=O) groups is 1. The third kappa shape index (κ3) is 3.65. The first-order valence-corrected chi connectivity index (χ1v) is 7.39. The number of rotatable bonds is 4. The van der Waals surface area contributed by atoms with Crippen molar-refractivity contribution in [1.82, 2.24) is 4.90 Å². The van der Waals surface area contributed by atoms with E-state index in [-0.39, 0.29) is 5.91 Å². The highest BCUT2D eigenvalue weighted by molar-refractivity contribution is 5.76. The van der Waals surface area contributed by atoms with Crippen molar-refractivity contribution in [3.8, 4) is 5.75 Å². The number of carbonyl (C=O) groups excluding carboxylic acids is 1. The minimum absolute atomic E-state index is 0.235. The van der Waals surface area contributed by atoms with Gasteiger partial charge in [0, 0.05) is 30.8 Å². The topological polar surface area (TPSA) is 55.6 Å². The van der Waals surface area contributed by atoms with E-state index < -0.39 is 0 Å². The standard InChI is InChI=1S/C16H24N2O2/c1-3-20-15-6-5-14(17)10-13(15)11-18-9-8-12(2)4-7-16(18)19/h5-6,10,12H,3-4,7-9,11,17H2,1-2H3. The molecular formula is C16H24N2O2. The van der Waals surface area contributed by atoms with E-state index >= 15 is 0 Å². The summed E-state index contributed by atoms with van der Waals surface area (Å²) in [5, 5.41) is 0. The maximum atomic E-state index is 12.2. The van der Waals surface area contributed by atoms with Crippen molar-refractivity contribution < 1.29 is 9.53 Å². The molecule has 1 atom stereocenters. The van der Waals surface area contributed by atoms with Crippen LogP contribution in [-0.2, 0) is 11.3 Å². The Morgan fingerprint density at radius 2 is 2.20 bits per heavy atom. The van der Waals surface area contributed by atoms with E-state index in [4.69, 9.17) is 10.5 Å². The summed E-state index contributed by atoms with van der Waals surface area (Å²) in [6.45, 7) is 6.19. The van der Waals surface area contributed by atoms with Crippen LogP contribution in [0.1, 0.15) is 38.7 Å². The largest absolute Gasteiger partial charge is 0.494 e. The Morgan fingerprint density at radius 1 is 1.40 bits per heavy atom. The van der Waals surface area contributed by atoms with Crippen LogP contribution in [0.5, 0.6) is 5.75 Å². The normalized spacial score (nSPS) is 19.8. The van der Waals surface area contributed by atoms with E-state index in [1.807, 2.05) is 30.0 Å². The molecule has 0 spiro atoms. The first kappa shape index (κ1) is 14.7. The smallest absolute Gasteiger partial charge is 0.222 e. The van der Waals surface area contributed by atoms with Crippen LogP contribution in [0.2, 0.25) is 0 Å². The Bertz CT molecular complexity index is 474. The SMILES string of the molecule is CCOc1ccc(N)cc1CN1CCC(C)CCC1=O. The molecule has 0 aliphatic carbocycles. The Morgan fingerprint density at radius 3 is 2.95 bits per heavy atom. The highest BCUT2D eigenvalue weighted by Gasteiger charge is 2.21. The van der Waals surface area contributed by atoms with Gasteiger partial charge in [-0.05, 0) is 43.9 Å². The molecule has 1 amide bonds. The molecule has 4 heteroatoms. The number of ether oxygens (including phenoxy) is 1. The molecule has 20 heavy (non-hydrogen) atoms. The number of likely N-dealkylation sites (tertiary alicyclic amines) is 1. The number of benzene rings is 1. The Balaban J connectivity index is 2.15. The van der Waals surface area contributed by atoms with Crippen LogP contribution in [0, 0.1) is 5.92 Å². The molecule has 1 aliphatic rings. The second-order valence-corrected chi connectivity index (χ2v) is 5.55. The second kappa shape index (κ2) is 6.64. The average Bonchev–Trinajstić information content (AvgIpc) is 2.57. The van der Waals surface area contributed by atoms with Gasteiger partial charge in [0.25, 0.3) is 0 Å². The number of hydrogen-bond acceptors (Lipinski definition) is 3. The van der Waals surface area contributed by atoms with Crippen molar-refractivity contribution in [2.45, 2.75) is 39.7 Å². The van der Waals surface area contributed by atoms with Crippen LogP contribution in [-0.4, -0.2) is 24.0 Å². The molecule has 2 rings (SSSR count). The number of nitrogens with zero attached hydrogens (tertiary/aromatic N) is 1. The van der Waals surface area contributed by atoms with Crippen LogP contribution in [0.25, 0.3) is 0 Å². The first-order chi connectivity index (χ1) is 9.60. The zero-order chi connectivity index (χ0) is 14.5. The summed E-state index contributed by atoms with van der Waals surface area (Å²) in [7, 11) is 0. The first-order valence-electron chi connectivity index (χ1n) is 7.39. The van der Waals surface area contributed by atoms with Gasteiger partial charge >= 0.3 is 0 Å². The highest BCUT2D eigenvalue weighted by atomic mass is 16.5. The van der Waals surface area contributed by atoms with Crippen molar-refractivity contribution in [1.29, 1.82) is 0 Å². The van der Waals surface area contributed by atoms with E-state index in [2.05, 4.69) is 6.92 Å². The zero-order valence-electron chi connectivity index (χ0n) is 12.4. The number of hydrogen-bond donors (Lipinski definition) is 1. The fourth-order valence-corrected chi connectivity index (χ4v) is 2.57. The Hall–Kier alpha value is -1.71. The van der Waals surface area contributed by atoms with Crippen molar-refractivity contribution >= 4 is 11.6 Å². The third-order valence-electron chi connectivity index (χ3n) is 3.84. The van der Waals surface area contributed by atoms with Gasteiger partial charge in [0.05, 0.1) is 6.61 Å². The lowest BCUT2D eigenvalue weighted by Gasteiger charge is -2.22.